The summed E-state index contributed by atoms with van der Waals surface area (Å²) in [5.41, 5.74) is 0.809. The SMILES string of the molecule is O=C(CCc1nc(-c2cccnc2)no1)NC1CCCCC1. The summed E-state index contributed by atoms with van der Waals surface area (Å²) in [5, 5.41) is 7.01. The summed E-state index contributed by atoms with van der Waals surface area (Å²) in [6, 6.07) is 4.04. The highest BCUT2D eigenvalue weighted by atomic mass is 16.5. The van der Waals surface area contributed by atoms with Crippen molar-refractivity contribution >= 4 is 5.91 Å². The lowest BCUT2D eigenvalue weighted by Gasteiger charge is -2.22. The van der Waals surface area contributed by atoms with E-state index in [1.807, 2.05) is 12.1 Å². The van der Waals surface area contributed by atoms with Gasteiger partial charge in [0.25, 0.3) is 0 Å². The van der Waals surface area contributed by atoms with Crippen LogP contribution in [-0.2, 0) is 11.2 Å². The number of hydrogen-bond donors (Lipinski definition) is 1. The number of nitrogens with one attached hydrogen (secondary N) is 1. The zero-order chi connectivity index (χ0) is 15.2. The van der Waals surface area contributed by atoms with Gasteiger partial charge < -0.3 is 9.84 Å². The summed E-state index contributed by atoms with van der Waals surface area (Å²) in [5.74, 6) is 1.06. The number of hydrogen-bond acceptors (Lipinski definition) is 5. The summed E-state index contributed by atoms with van der Waals surface area (Å²) in [7, 11) is 0. The maximum Gasteiger partial charge on any atom is 0.227 e. The van der Waals surface area contributed by atoms with E-state index < -0.39 is 0 Å². The molecule has 1 amide bonds. The van der Waals surface area contributed by atoms with Crippen LogP contribution >= 0.6 is 0 Å². The number of amides is 1. The van der Waals surface area contributed by atoms with Gasteiger partial charge in [0.05, 0.1) is 0 Å². The van der Waals surface area contributed by atoms with Gasteiger partial charge in [-0.1, -0.05) is 24.4 Å². The van der Waals surface area contributed by atoms with Crippen LogP contribution in [0.4, 0.5) is 0 Å². The van der Waals surface area contributed by atoms with Gasteiger partial charge in [0, 0.05) is 36.8 Å². The van der Waals surface area contributed by atoms with E-state index in [0.29, 0.717) is 30.6 Å². The first-order valence-corrected chi connectivity index (χ1v) is 7.83. The molecule has 0 bridgehead atoms. The van der Waals surface area contributed by atoms with Crippen LogP contribution in [0, 0.1) is 0 Å². The molecule has 2 aromatic heterocycles. The van der Waals surface area contributed by atoms with Gasteiger partial charge in [-0.25, -0.2) is 0 Å². The molecule has 0 radical (unpaired) electrons. The lowest BCUT2D eigenvalue weighted by molar-refractivity contribution is -0.122. The fourth-order valence-corrected chi connectivity index (χ4v) is 2.74. The third kappa shape index (κ3) is 3.90. The minimum Gasteiger partial charge on any atom is -0.353 e. The standard InChI is InChI=1S/C16H20N4O2/c21-14(18-13-6-2-1-3-7-13)8-9-15-19-16(20-22-15)12-5-4-10-17-11-12/h4-5,10-11,13H,1-3,6-9H2,(H,18,21). The molecule has 3 rings (SSSR count). The van der Waals surface area contributed by atoms with E-state index in [9.17, 15) is 4.79 Å². The van der Waals surface area contributed by atoms with E-state index >= 15 is 0 Å². The fourth-order valence-electron chi connectivity index (χ4n) is 2.74. The van der Waals surface area contributed by atoms with Crippen molar-refractivity contribution in [3.8, 4) is 11.4 Å². The molecule has 116 valence electrons. The van der Waals surface area contributed by atoms with Crippen molar-refractivity contribution in [1.29, 1.82) is 0 Å². The lowest BCUT2D eigenvalue weighted by Crippen LogP contribution is -2.36. The number of aromatic nitrogens is 3. The number of rotatable bonds is 5. The fraction of sp³-hybridized carbons (Fsp3) is 0.500. The van der Waals surface area contributed by atoms with Crippen LogP contribution in [-0.4, -0.2) is 27.1 Å². The number of pyridine rings is 1. The largest absolute Gasteiger partial charge is 0.353 e. The Balaban J connectivity index is 1.49. The number of aryl methyl sites for hydroxylation is 1. The van der Waals surface area contributed by atoms with Gasteiger partial charge in [-0.05, 0) is 25.0 Å². The van der Waals surface area contributed by atoms with Gasteiger partial charge in [0.2, 0.25) is 17.6 Å². The summed E-state index contributed by atoms with van der Waals surface area (Å²) < 4.78 is 5.19. The molecular weight excluding hydrogens is 280 g/mol. The van der Waals surface area contributed by atoms with E-state index in [4.69, 9.17) is 4.52 Å². The Bertz CT molecular complexity index is 606. The third-order valence-electron chi connectivity index (χ3n) is 3.92. The molecule has 0 unspecified atom stereocenters. The molecule has 0 spiro atoms. The second-order valence-corrected chi connectivity index (χ2v) is 5.66. The van der Waals surface area contributed by atoms with Crippen molar-refractivity contribution in [2.45, 2.75) is 51.0 Å². The smallest absolute Gasteiger partial charge is 0.227 e. The molecule has 0 atom stereocenters. The van der Waals surface area contributed by atoms with E-state index in [1.165, 1.54) is 19.3 Å². The predicted molar refractivity (Wildman–Crippen MR) is 80.9 cm³/mol. The molecule has 2 heterocycles. The Kier molecular flexibility index (Phi) is 4.78. The van der Waals surface area contributed by atoms with Crippen LogP contribution in [0.15, 0.2) is 29.0 Å². The van der Waals surface area contributed by atoms with Gasteiger partial charge in [-0.15, -0.1) is 0 Å². The highest BCUT2D eigenvalue weighted by Crippen LogP contribution is 2.18. The summed E-state index contributed by atoms with van der Waals surface area (Å²) >= 11 is 0. The van der Waals surface area contributed by atoms with Gasteiger partial charge in [-0.3, -0.25) is 9.78 Å². The summed E-state index contributed by atoms with van der Waals surface area (Å²) in [6.45, 7) is 0. The number of nitrogens with zero attached hydrogens (tertiary/aromatic N) is 3. The Labute approximate surface area is 129 Å². The molecule has 1 N–H and O–H groups in total. The molecule has 6 nitrogen and oxygen atoms in total. The molecule has 0 aromatic carbocycles. The molecule has 0 saturated heterocycles. The van der Waals surface area contributed by atoms with Crippen LogP contribution in [0.1, 0.15) is 44.4 Å². The zero-order valence-corrected chi connectivity index (χ0v) is 12.5. The van der Waals surface area contributed by atoms with Crippen molar-refractivity contribution < 1.29 is 9.32 Å². The summed E-state index contributed by atoms with van der Waals surface area (Å²) in [6.07, 6.45) is 10.1. The van der Waals surface area contributed by atoms with Crippen molar-refractivity contribution in [1.82, 2.24) is 20.4 Å². The molecule has 1 aliphatic rings. The average Bonchev–Trinajstić information content (AvgIpc) is 3.04. The Morgan fingerprint density at radius 3 is 2.95 bits per heavy atom. The average molecular weight is 300 g/mol. The predicted octanol–water partition coefficient (Wildman–Crippen LogP) is 2.51. The molecule has 0 aliphatic heterocycles. The maximum atomic E-state index is 12.0. The first kappa shape index (κ1) is 14.7. The Morgan fingerprint density at radius 1 is 1.32 bits per heavy atom. The van der Waals surface area contributed by atoms with Crippen LogP contribution in [0.2, 0.25) is 0 Å². The Hall–Kier alpha value is -2.24. The van der Waals surface area contributed by atoms with E-state index in [0.717, 1.165) is 18.4 Å². The second kappa shape index (κ2) is 7.15. The molecule has 1 fully saturated rings. The van der Waals surface area contributed by atoms with Crippen molar-refractivity contribution in [3.05, 3.63) is 30.4 Å². The zero-order valence-electron chi connectivity index (χ0n) is 12.5. The van der Waals surface area contributed by atoms with Crippen LogP contribution in [0.25, 0.3) is 11.4 Å². The van der Waals surface area contributed by atoms with Gasteiger partial charge >= 0.3 is 0 Å². The second-order valence-electron chi connectivity index (χ2n) is 5.66. The number of carbonyl (C=O) groups excluding carboxylic acids is 1. The van der Waals surface area contributed by atoms with Gasteiger partial charge in [0.15, 0.2) is 0 Å². The van der Waals surface area contributed by atoms with Crippen molar-refractivity contribution in [2.24, 2.45) is 0 Å². The highest BCUT2D eigenvalue weighted by Gasteiger charge is 2.16. The first-order chi connectivity index (χ1) is 10.8. The van der Waals surface area contributed by atoms with E-state index in [2.05, 4.69) is 20.4 Å². The quantitative estimate of drug-likeness (QED) is 0.917. The normalized spacial score (nSPS) is 15.6. The molecule has 22 heavy (non-hydrogen) atoms. The molecule has 2 aromatic rings. The van der Waals surface area contributed by atoms with E-state index in [-0.39, 0.29) is 5.91 Å². The highest BCUT2D eigenvalue weighted by molar-refractivity contribution is 5.76. The summed E-state index contributed by atoms with van der Waals surface area (Å²) in [4.78, 5) is 20.3. The van der Waals surface area contributed by atoms with E-state index in [1.54, 1.807) is 12.4 Å². The maximum absolute atomic E-state index is 12.0. The molecular formula is C16H20N4O2. The van der Waals surface area contributed by atoms with Crippen LogP contribution in [0.3, 0.4) is 0 Å². The minimum atomic E-state index is 0.0630. The minimum absolute atomic E-state index is 0.0630. The molecule has 1 aliphatic carbocycles. The lowest BCUT2D eigenvalue weighted by atomic mass is 9.95. The van der Waals surface area contributed by atoms with Crippen LogP contribution in [0.5, 0.6) is 0 Å². The molecule has 6 heteroatoms. The Morgan fingerprint density at radius 2 is 2.18 bits per heavy atom. The third-order valence-corrected chi connectivity index (χ3v) is 3.92. The first-order valence-electron chi connectivity index (χ1n) is 7.83. The van der Waals surface area contributed by atoms with Gasteiger partial charge in [-0.2, -0.15) is 4.98 Å². The topological polar surface area (TPSA) is 80.9 Å². The monoisotopic (exact) mass is 300 g/mol. The van der Waals surface area contributed by atoms with Crippen LogP contribution < -0.4 is 5.32 Å². The number of carbonyl (C=O) groups is 1. The van der Waals surface area contributed by atoms with Crippen molar-refractivity contribution in [2.75, 3.05) is 0 Å². The molecule has 1 saturated carbocycles. The van der Waals surface area contributed by atoms with Gasteiger partial charge in [0.1, 0.15) is 0 Å². The van der Waals surface area contributed by atoms with Crippen molar-refractivity contribution in [3.63, 3.8) is 0 Å².